The summed E-state index contributed by atoms with van der Waals surface area (Å²) in [7, 11) is 0. The molecular weight excluding hydrogens is 615 g/mol. The van der Waals surface area contributed by atoms with Crippen LogP contribution < -0.4 is 4.90 Å². The topological polar surface area (TPSA) is 3.24 Å². The summed E-state index contributed by atoms with van der Waals surface area (Å²) in [5.41, 5.74) is 21.5. The van der Waals surface area contributed by atoms with Crippen LogP contribution in [0.15, 0.2) is 152 Å². The fraction of sp³-hybridized carbons (Fsp3) is 0.160. The number of hydrogen-bond acceptors (Lipinski definition) is 1. The Morgan fingerprint density at radius 3 is 1.37 bits per heavy atom. The Bertz CT molecular complexity index is 2400. The maximum atomic E-state index is 2.51. The molecule has 0 aliphatic heterocycles. The van der Waals surface area contributed by atoms with Gasteiger partial charge in [0, 0.05) is 27.8 Å². The molecule has 0 saturated carbocycles. The van der Waals surface area contributed by atoms with E-state index in [1.807, 2.05) is 0 Å². The van der Waals surface area contributed by atoms with Crippen molar-refractivity contribution in [3.63, 3.8) is 0 Å². The highest BCUT2D eigenvalue weighted by Crippen LogP contribution is 2.54. The van der Waals surface area contributed by atoms with E-state index in [-0.39, 0.29) is 10.8 Å². The normalized spacial score (nSPS) is 14.4. The molecule has 0 N–H and O–H groups in total. The number of rotatable bonds is 5. The molecule has 1 nitrogen and oxygen atoms in total. The molecule has 0 unspecified atom stereocenters. The van der Waals surface area contributed by atoms with Crippen LogP contribution in [0.1, 0.15) is 61.1 Å². The van der Waals surface area contributed by atoms with E-state index in [4.69, 9.17) is 0 Å². The van der Waals surface area contributed by atoms with Crippen molar-refractivity contribution in [1.29, 1.82) is 0 Å². The molecule has 51 heavy (non-hydrogen) atoms. The number of benzene rings is 7. The summed E-state index contributed by atoms with van der Waals surface area (Å²) in [4.78, 5) is 2.51. The van der Waals surface area contributed by atoms with Crippen LogP contribution in [0.3, 0.4) is 0 Å². The van der Waals surface area contributed by atoms with Crippen LogP contribution in [0, 0.1) is 13.8 Å². The Hall–Kier alpha value is -5.66. The van der Waals surface area contributed by atoms with Gasteiger partial charge in [0.2, 0.25) is 0 Å². The maximum absolute atomic E-state index is 2.51. The van der Waals surface area contributed by atoms with Gasteiger partial charge in [0.1, 0.15) is 0 Å². The van der Waals surface area contributed by atoms with Crippen molar-refractivity contribution in [3.05, 3.63) is 185 Å². The zero-order valence-corrected chi connectivity index (χ0v) is 30.4. The third-order valence-corrected chi connectivity index (χ3v) is 11.6. The quantitative estimate of drug-likeness (QED) is 0.178. The number of nitrogens with zero attached hydrogens (tertiary/aromatic N) is 1. The molecule has 0 spiro atoms. The fourth-order valence-corrected chi connectivity index (χ4v) is 8.87. The maximum Gasteiger partial charge on any atom is 0.0540 e. The predicted octanol–water partition coefficient (Wildman–Crippen LogP) is 13.7. The third kappa shape index (κ3) is 4.90. The monoisotopic (exact) mass is 657 g/mol. The summed E-state index contributed by atoms with van der Waals surface area (Å²) in [5.74, 6) is 0. The van der Waals surface area contributed by atoms with Crippen molar-refractivity contribution in [1.82, 2.24) is 0 Å². The minimum Gasteiger partial charge on any atom is -0.310 e. The van der Waals surface area contributed by atoms with Gasteiger partial charge in [-0.2, -0.15) is 0 Å². The van der Waals surface area contributed by atoms with Gasteiger partial charge in [0.05, 0.1) is 5.69 Å². The number of anilines is 3. The highest BCUT2D eigenvalue weighted by molar-refractivity contribution is 5.94. The SMILES string of the molecule is Cc1cccc(-c2ccc(N(c3ccc4c(c3)C(C)(C)c3ccccc3-4)c3ccc4c(c3)C(C)(C)c3ccccc3-4)c(-c3cccc(C)c3)c2)c1. The van der Waals surface area contributed by atoms with Crippen LogP contribution in [0.25, 0.3) is 44.5 Å². The number of fused-ring (bicyclic) bond motifs is 6. The van der Waals surface area contributed by atoms with Crippen molar-refractivity contribution in [2.24, 2.45) is 0 Å². The van der Waals surface area contributed by atoms with Crippen molar-refractivity contribution in [2.45, 2.75) is 52.4 Å². The Morgan fingerprint density at radius 2 is 0.824 bits per heavy atom. The summed E-state index contributed by atoms with van der Waals surface area (Å²) >= 11 is 0. The average molecular weight is 658 g/mol. The molecule has 0 fully saturated rings. The molecule has 7 aromatic rings. The molecular formula is C50H43N. The zero-order chi connectivity index (χ0) is 35.1. The van der Waals surface area contributed by atoms with E-state index in [1.54, 1.807) is 0 Å². The van der Waals surface area contributed by atoms with Gasteiger partial charge >= 0.3 is 0 Å². The van der Waals surface area contributed by atoms with E-state index < -0.39 is 0 Å². The first kappa shape index (κ1) is 31.3. The van der Waals surface area contributed by atoms with Crippen molar-refractivity contribution in [2.75, 3.05) is 4.90 Å². The molecule has 9 rings (SSSR count). The van der Waals surface area contributed by atoms with Crippen LogP contribution in [0.2, 0.25) is 0 Å². The van der Waals surface area contributed by atoms with Gasteiger partial charge in [-0.25, -0.2) is 0 Å². The molecule has 2 aliphatic carbocycles. The lowest BCUT2D eigenvalue weighted by atomic mass is 9.82. The molecule has 0 heterocycles. The molecule has 0 bridgehead atoms. The molecule has 0 atom stereocenters. The van der Waals surface area contributed by atoms with Crippen LogP contribution in [0.5, 0.6) is 0 Å². The first-order chi connectivity index (χ1) is 24.6. The molecule has 2 aliphatic rings. The number of hydrogen-bond donors (Lipinski definition) is 0. The molecule has 0 aromatic heterocycles. The van der Waals surface area contributed by atoms with E-state index >= 15 is 0 Å². The standard InChI is InChI=1S/C50H43N/c1-32-13-11-15-34(27-32)35-21-26-48(43(29-35)36-16-12-14-33(2)28-36)51(37-22-24-41-39-17-7-9-19-44(39)49(3,4)46(41)30-37)38-23-25-42-40-18-8-10-20-45(40)50(5,6)47(42)31-38/h7-31H,1-6H3. The second-order valence-electron chi connectivity index (χ2n) is 15.6. The molecule has 0 amide bonds. The van der Waals surface area contributed by atoms with Gasteiger partial charge in [-0.3, -0.25) is 0 Å². The molecule has 7 aromatic carbocycles. The van der Waals surface area contributed by atoms with Crippen LogP contribution in [-0.2, 0) is 10.8 Å². The Labute approximate surface area is 302 Å². The smallest absolute Gasteiger partial charge is 0.0540 e. The van der Waals surface area contributed by atoms with Gasteiger partial charge < -0.3 is 4.90 Å². The zero-order valence-electron chi connectivity index (χ0n) is 30.4. The van der Waals surface area contributed by atoms with Gasteiger partial charge in [-0.05, 0) is 111 Å². The largest absolute Gasteiger partial charge is 0.310 e. The Balaban J connectivity index is 1.30. The van der Waals surface area contributed by atoms with Crippen LogP contribution in [0.4, 0.5) is 17.1 Å². The minimum absolute atomic E-state index is 0.108. The van der Waals surface area contributed by atoms with Gasteiger partial charge in [-0.1, -0.05) is 154 Å². The van der Waals surface area contributed by atoms with Gasteiger partial charge in [-0.15, -0.1) is 0 Å². The lowest BCUT2D eigenvalue weighted by Crippen LogP contribution is -2.18. The second kappa shape index (κ2) is 11.4. The highest BCUT2D eigenvalue weighted by Gasteiger charge is 2.38. The highest BCUT2D eigenvalue weighted by atomic mass is 15.1. The Morgan fingerprint density at radius 1 is 0.353 bits per heavy atom. The third-order valence-electron chi connectivity index (χ3n) is 11.6. The second-order valence-corrected chi connectivity index (χ2v) is 15.6. The Kier molecular flexibility index (Phi) is 7.03. The van der Waals surface area contributed by atoms with E-state index in [2.05, 4.69) is 198 Å². The van der Waals surface area contributed by atoms with E-state index in [1.165, 1.54) is 95.0 Å². The summed E-state index contributed by atoms with van der Waals surface area (Å²) in [6.07, 6.45) is 0. The summed E-state index contributed by atoms with van der Waals surface area (Å²) in [6.45, 7) is 13.8. The first-order valence-corrected chi connectivity index (χ1v) is 18.2. The average Bonchev–Trinajstić information content (AvgIpc) is 3.51. The summed E-state index contributed by atoms with van der Waals surface area (Å²) < 4.78 is 0. The summed E-state index contributed by atoms with van der Waals surface area (Å²) in [5, 5.41) is 0. The lowest BCUT2D eigenvalue weighted by Gasteiger charge is -2.31. The summed E-state index contributed by atoms with van der Waals surface area (Å²) in [6, 6.07) is 56.9. The number of aryl methyl sites for hydroxylation is 2. The molecule has 248 valence electrons. The van der Waals surface area contributed by atoms with E-state index in [0.717, 1.165) is 0 Å². The van der Waals surface area contributed by atoms with Crippen molar-refractivity contribution >= 4 is 17.1 Å². The van der Waals surface area contributed by atoms with Crippen LogP contribution in [-0.4, -0.2) is 0 Å². The van der Waals surface area contributed by atoms with Gasteiger partial charge in [0.25, 0.3) is 0 Å². The molecule has 0 saturated heterocycles. The van der Waals surface area contributed by atoms with E-state index in [0.29, 0.717) is 0 Å². The van der Waals surface area contributed by atoms with Crippen molar-refractivity contribution < 1.29 is 0 Å². The van der Waals surface area contributed by atoms with E-state index in [9.17, 15) is 0 Å². The van der Waals surface area contributed by atoms with Crippen LogP contribution >= 0.6 is 0 Å². The minimum atomic E-state index is -0.108. The van der Waals surface area contributed by atoms with Gasteiger partial charge in [0.15, 0.2) is 0 Å². The molecule has 1 heteroatoms. The predicted molar refractivity (Wildman–Crippen MR) is 217 cm³/mol. The lowest BCUT2D eigenvalue weighted by molar-refractivity contribution is 0.660. The molecule has 0 radical (unpaired) electrons. The first-order valence-electron chi connectivity index (χ1n) is 18.2. The fourth-order valence-electron chi connectivity index (χ4n) is 8.87. The van der Waals surface area contributed by atoms with Crippen molar-refractivity contribution in [3.8, 4) is 44.5 Å².